The molecule has 3 heterocycles. The Labute approximate surface area is 188 Å². The predicted molar refractivity (Wildman–Crippen MR) is 126 cm³/mol. The van der Waals surface area contributed by atoms with Gasteiger partial charge in [0.1, 0.15) is 4.83 Å². The summed E-state index contributed by atoms with van der Waals surface area (Å²) in [6, 6.07) is 12.1. The van der Waals surface area contributed by atoms with Crippen molar-refractivity contribution >= 4 is 50.6 Å². The Kier molecular flexibility index (Phi) is 5.37. The second-order valence-corrected chi connectivity index (χ2v) is 9.44. The van der Waals surface area contributed by atoms with E-state index in [9.17, 15) is 4.79 Å². The van der Waals surface area contributed by atoms with E-state index in [2.05, 4.69) is 32.0 Å². The number of nitrogen functional groups attached to an aromatic ring is 1. The Bertz CT molecular complexity index is 1240. The van der Waals surface area contributed by atoms with E-state index in [1.807, 2.05) is 36.4 Å². The molecule has 1 saturated carbocycles. The minimum absolute atomic E-state index is 0.0632. The lowest BCUT2D eigenvalue weighted by atomic mass is 10.1. The van der Waals surface area contributed by atoms with Crippen LogP contribution in [0.4, 0.5) is 11.4 Å². The number of nitrogens with one attached hydrogen (secondary N) is 1. The Balaban J connectivity index is 1.35. The topological polar surface area (TPSA) is 98.7 Å². The first kappa shape index (κ1) is 20.0. The monoisotopic (exact) mass is 450 g/mol. The van der Waals surface area contributed by atoms with Gasteiger partial charge in [-0.15, -0.1) is 21.5 Å². The van der Waals surface area contributed by atoms with Crippen molar-refractivity contribution in [3.05, 3.63) is 48.2 Å². The van der Waals surface area contributed by atoms with Crippen LogP contribution in [0.25, 0.3) is 20.9 Å². The van der Waals surface area contributed by atoms with Crippen LogP contribution < -0.4 is 11.1 Å². The van der Waals surface area contributed by atoms with E-state index in [-0.39, 0.29) is 11.7 Å². The Morgan fingerprint density at radius 2 is 2.06 bits per heavy atom. The number of nitrogens with zero attached hydrogens (tertiary/aromatic N) is 4. The van der Waals surface area contributed by atoms with E-state index in [1.165, 1.54) is 28.7 Å². The van der Waals surface area contributed by atoms with Gasteiger partial charge in [0.25, 0.3) is 0 Å². The predicted octanol–water partition coefficient (Wildman–Crippen LogP) is 4.77. The van der Waals surface area contributed by atoms with Gasteiger partial charge < -0.3 is 11.1 Å². The lowest BCUT2D eigenvalue weighted by Gasteiger charge is -2.09. The zero-order chi connectivity index (χ0) is 21.4. The molecule has 1 aliphatic rings. The van der Waals surface area contributed by atoms with Crippen molar-refractivity contribution in [2.75, 3.05) is 16.8 Å². The Hall–Kier alpha value is -2.91. The summed E-state index contributed by atoms with van der Waals surface area (Å²) >= 11 is 2.93. The van der Waals surface area contributed by atoms with Crippen LogP contribution in [0.3, 0.4) is 0 Å². The molecule has 0 aliphatic heterocycles. The number of aromatic nitrogens is 4. The standard InChI is InChI=1S/C22H22N6OS2/c1-2-13-5-7-14(8-6-13)25-17(29)12-30-22-27-26-20(28(22)15-9-10-15)19-18(23)16-4-3-11-24-21(16)31-19/h3-8,11,15H,2,9-10,12,23H2,1H3,(H,25,29). The molecule has 0 saturated heterocycles. The summed E-state index contributed by atoms with van der Waals surface area (Å²) in [6.07, 6.45) is 4.90. The van der Waals surface area contributed by atoms with Crippen molar-refractivity contribution in [2.24, 2.45) is 0 Å². The van der Waals surface area contributed by atoms with Gasteiger partial charge in [-0.2, -0.15) is 0 Å². The van der Waals surface area contributed by atoms with Crippen LogP contribution in [0.1, 0.15) is 31.4 Å². The van der Waals surface area contributed by atoms with Crippen molar-refractivity contribution in [3.63, 3.8) is 0 Å². The summed E-state index contributed by atoms with van der Waals surface area (Å²) in [5, 5.41) is 13.5. The summed E-state index contributed by atoms with van der Waals surface area (Å²) in [4.78, 5) is 18.7. The molecule has 9 heteroatoms. The fourth-order valence-corrected chi connectivity index (χ4v) is 5.31. The number of thioether (sulfide) groups is 1. The highest BCUT2D eigenvalue weighted by atomic mass is 32.2. The van der Waals surface area contributed by atoms with Gasteiger partial charge in [0.2, 0.25) is 5.91 Å². The van der Waals surface area contributed by atoms with E-state index < -0.39 is 0 Å². The Morgan fingerprint density at radius 3 is 2.77 bits per heavy atom. The third kappa shape index (κ3) is 4.03. The molecule has 0 spiro atoms. The van der Waals surface area contributed by atoms with Crippen LogP contribution in [0.2, 0.25) is 0 Å². The molecule has 0 unspecified atom stereocenters. The fraction of sp³-hybridized carbons (Fsp3) is 0.273. The number of amides is 1. The maximum absolute atomic E-state index is 12.5. The van der Waals surface area contributed by atoms with E-state index in [0.29, 0.717) is 11.7 Å². The normalized spacial score (nSPS) is 13.6. The molecule has 5 rings (SSSR count). The number of rotatable bonds is 7. The minimum Gasteiger partial charge on any atom is -0.397 e. The molecule has 0 radical (unpaired) electrons. The lowest BCUT2D eigenvalue weighted by molar-refractivity contribution is -0.113. The highest BCUT2D eigenvalue weighted by Crippen LogP contribution is 2.45. The molecule has 0 bridgehead atoms. The second-order valence-electron chi connectivity index (χ2n) is 7.50. The van der Waals surface area contributed by atoms with Gasteiger partial charge in [-0.1, -0.05) is 30.8 Å². The molecular formula is C22H22N6OS2. The first-order valence-corrected chi connectivity index (χ1v) is 12.0. The van der Waals surface area contributed by atoms with Crippen molar-refractivity contribution in [2.45, 2.75) is 37.4 Å². The van der Waals surface area contributed by atoms with E-state index >= 15 is 0 Å². The summed E-state index contributed by atoms with van der Waals surface area (Å²) in [7, 11) is 0. The largest absolute Gasteiger partial charge is 0.397 e. The number of hydrogen-bond acceptors (Lipinski definition) is 7. The quantitative estimate of drug-likeness (QED) is 0.394. The maximum atomic E-state index is 12.5. The van der Waals surface area contributed by atoms with Gasteiger partial charge in [-0.25, -0.2) is 4.98 Å². The number of anilines is 2. The molecular weight excluding hydrogens is 428 g/mol. The van der Waals surface area contributed by atoms with Gasteiger partial charge >= 0.3 is 0 Å². The Morgan fingerprint density at radius 1 is 1.26 bits per heavy atom. The van der Waals surface area contributed by atoms with Crippen molar-refractivity contribution < 1.29 is 4.79 Å². The molecule has 31 heavy (non-hydrogen) atoms. The fourth-order valence-electron chi connectivity index (χ4n) is 3.46. The zero-order valence-corrected chi connectivity index (χ0v) is 18.7. The number of benzene rings is 1. The van der Waals surface area contributed by atoms with Crippen LogP contribution in [0.15, 0.2) is 47.8 Å². The number of aryl methyl sites for hydroxylation is 1. The number of hydrogen-bond donors (Lipinski definition) is 2. The zero-order valence-electron chi connectivity index (χ0n) is 17.0. The molecule has 1 aromatic carbocycles. The SMILES string of the molecule is CCc1ccc(NC(=O)CSc2nnc(-c3sc4ncccc4c3N)n2C2CC2)cc1. The van der Waals surface area contributed by atoms with Crippen LogP contribution in [0, 0.1) is 0 Å². The molecule has 7 nitrogen and oxygen atoms in total. The van der Waals surface area contributed by atoms with E-state index in [4.69, 9.17) is 5.73 Å². The molecule has 4 aromatic rings. The number of thiophene rings is 1. The molecule has 1 amide bonds. The molecule has 1 fully saturated rings. The highest BCUT2D eigenvalue weighted by Gasteiger charge is 2.32. The number of fused-ring (bicyclic) bond motifs is 1. The van der Waals surface area contributed by atoms with Gasteiger partial charge in [0.05, 0.1) is 16.3 Å². The van der Waals surface area contributed by atoms with Crippen LogP contribution >= 0.6 is 23.1 Å². The second kappa shape index (κ2) is 8.32. The van der Waals surface area contributed by atoms with Gasteiger partial charge in [0, 0.05) is 23.3 Å². The number of pyridine rings is 1. The highest BCUT2D eigenvalue weighted by molar-refractivity contribution is 7.99. The van der Waals surface area contributed by atoms with Gasteiger partial charge in [-0.3, -0.25) is 9.36 Å². The van der Waals surface area contributed by atoms with E-state index in [0.717, 1.165) is 51.0 Å². The van der Waals surface area contributed by atoms with Crippen molar-refractivity contribution in [3.8, 4) is 10.7 Å². The summed E-state index contributed by atoms with van der Waals surface area (Å²) < 4.78 is 2.13. The number of carbonyl (C=O) groups is 1. The average Bonchev–Trinajstić information content (AvgIpc) is 3.46. The molecule has 1 aliphatic carbocycles. The average molecular weight is 451 g/mol. The number of nitrogens with two attached hydrogens (primary N) is 1. The van der Waals surface area contributed by atoms with E-state index in [1.54, 1.807) is 6.20 Å². The van der Waals surface area contributed by atoms with Crippen LogP contribution in [0.5, 0.6) is 0 Å². The number of carbonyl (C=O) groups excluding carboxylic acids is 1. The third-order valence-electron chi connectivity index (χ3n) is 5.26. The minimum atomic E-state index is -0.0632. The smallest absolute Gasteiger partial charge is 0.234 e. The molecule has 3 N–H and O–H groups in total. The first-order chi connectivity index (χ1) is 15.1. The van der Waals surface area contributed by atoms with Crippen molar-refractivity contribution in [1.82, 2.24) is 19.7 Å². The molecule has 0 atom stereocenters. The first-order valence-electron chi connectivity index (χ1n) is 10.2. The molecule has 158 valence electrons. The summed E-state index contributed by atoms with van der Waals surface area (Å²) in [5.41, 5.74) is 9.15. The van der Waals surface area contributed by atoms with Crippen LogP contribution in [-0.2, 0) is 11.2 Å². The summed E-state index contributed by atoms with van der Waals surface area (Å²) in [5.74, 6) is 0.969. The van der Waals surface area contributed by atoms with Crippen LogP contribution in [-0.4, -0.2) is 31.4 Å². The molecule has 3 aromatic heterocycles. The third-order valence-corrected chi connectivity index (χ3v) is 7.33. The van der Waals surface area contributed by atoms with Gasteiger partial charge in [-0.05, 0) is 49.1 Å². The summed E-state index contributed by atoms with van der Waals surface area (Å²) in [6.45, 7) is 2.11. The van der Waals surface area contributed by atoms with Crippen molar-refractivity contribution in [1.29, 1.82) is 0 Å². The maximum Gasteiger partial charge on any atom is 0.234 e. The lowest BCUT2D eigenvalue weighted by Crippen LogP contribution is -2.14. The van der Waals surface area contributed by atoms with Gasteiger partial charge in [0.15, 0.2) is 11.0 Å².